The lowest BCUT2D eigenvalue weighted by molar-refractivity contribution is -0.129. The first-order chi connectivity index (χ1) is 15.2. The second-order valence-corrected chi connectivity index (χ2v) is 10.6. The molecule has 0 bridgehead atoms. The number of carbonyl (C=O) groups is 3. The number of hydrogen-bond donors (Lipinski definition) is 1. The molecule has 32 heavy (non-hydrogen) atoms. The van der Waals surface area contributed by atoms with Crippen LogP contribution in [-0.2, 0) is 14.4 Å². The lowest BCUT2D eigenvalue weighted by atomic mass is 9.48. The summed E-state index contributed by atoms with van der Waals surface area (Å²) in [6.45, 7) is 5.98. The van der Waals surface area contributed by atoms with Crippen molar-refractivity contribution in [1.29, 1.82) is 0 Å². The summed E-state index contributed by atoms with van der Waals surface area (Å²) in [5.74, 6) is 1.70. The summed E-state index contributed by atoms with van der Waals surface area (Å²) in [6, 6.07) is 7.68. The van der Waals surface area contributed by atoms with Gasteiger partial charge in [0.1, 0.15) is 0 Å². The van der Waals surface area contributed by atoms with Crippen LogP contribution in [0.15, 0.2) is 53.6 Å². The quantitative estimate of drug-likeness (QED) is 0.630. The summed E-state index contributed by atoms with van der Waals surface area (Å²) in [5.41, 5.74) is 3.65. The third-order valence-electron chi connectivity index (χ3n) is 8.77. The number of ketones is 2. The molecule has 4 nitrogen and oxygen atoms in total. The maximum atomic E-state index is 13.6. The van der Waals surface area contributed by atoms with E-state index in [-0.39, 0.29) is 22.5 Å². The fourth-order valence-corrected chi connectivity index (χ4v) is 7.06. The Morgan fingerprint density at radius 2 is 1.84 bits per heavy atom. The Morgan fingerprint density at radius 1 is 1.09 bits per heavy atom. The first kappa shape index (κ1) is 21.1. The highest BCUT2D eigenvalue weighted by molar-refractivity contribution is 6.06. The van der Waals surface area contributed by atoms with Crippen molar-refractivity contribution in [2.24, 2.45) is 28.6 Å². The highest BCUT2D eigenvalue weighted by atomic mass is 16.1. The number of hydrogen-bond acceptors (Lipinski definition) is 3. The van der Waals surface area contributed by atoms with Crippen LogP contribution in [0, 0.1) is 28.6 Å². The molecule has 1 aromatic rings. The molecule has 0 spiro atoms. The summed E-state index contributed by atoms with van der Waals surface area (Å²) in [6.07, 6.45) is 12.6. The summed E-state index contributed by atoms with van der Waals surface area (Å²) >= 11 is 0. The average Bonchev–Trinajstić information content (AvgIpc) is 3.00. The maximum absolute atomic E-state index is 13.6. The molecule has 1 amide bonds. The van der Waals surface area contributed by atoms with Crippen LogP contribution in [0.3, 0.4) is 0 Å². The lowest BCUT2D eigenvalue weighted by Gasteiger charge is -2.55. The van der Waals surface area contributed by atoms with Gasteiger partial charge >= 0.3 is 0 Å². The van der Waals surface area contributed by atoms with Crippen LogP contribution in [0.1, 0.15) is 58.4 Å². The number of Topliss-reactive ketones (excluding diaryl/α,β-unsaturated/α-hetero) is 1. The van der Waals surface area contributed by atoms with Gasteiger partial charge < -0.3 is 5.32 Å². The number of benzene rings is 1. The molecule has 1 N–H and O–H groups in total. The predicted molar refractivity (Wildman–Crippen MR) is 126 cm³/mol. The number of allylic oxidation sites excluding steroid dienone is 5. The van der Waals surface area contributed by atoms with E-state index >= 15 is 0 Å². The SMILES string of the molecule is CC(=O)Nc1ccc(C=C2C[C@H]3[C@@H]4CCC5=CC(=O)C=C[C@]5(C)[C@H]4CC[C@]3(C)C2=O)cc1. The van der Waals surface area contributed by atoms with Crippen LogP contribution >= 0.6 is 0 Å². The average molecular weight is 430 g/mol. The van der Waals surface area contributed by atoms with E-state index in [9.17, 15) is 14.4 Å². The molecule has 166 valence electrons. The Morgan fingerprint density at radius 3 is 2.56 bits per heavy atom. The topological polar surface area (TPSA) is 63.2 Å². The zero-order chi connectivity index (χ0) is 22.7. The van der Waals surface area contributed by atoms with Crippen molar-refractivity contribution in [1.82, 2.24) is 0 Å². The minimum atomic E-state index is -0.283. The second kappa shape index (κ2) is 7.40. The van der Waals surface area contributed by atoms with E-state index in [0.29, 0.717) is 23.5 Å². The van der Waals surface area contributed by atoms with Crippen LogP contribution in [0.4, 0.5) is 5.69 Å². The summed E-state index contributed by atoms with van der Waals surface area (Å²) in [7, 11) is 0. The van der Waals surface area contributed by atoms with Gasteiger partial charge in [-0.2, -0.15) is 0 Å². The van der Waals surface area contributed by atoms with Crippen molar-refractivity contribution in [3.63, 3.8) is 0 Å². The van der Waals surface area contributed by atoms with Gasteiger partial charge in [-0.05, 0) is 91.4 Å². The van der Waals surface area contributed by atoms with Crippen LogP contribution in [0.2, 0.25) is 0 Å². The van der Waals surface area contributed by atoms with Gasteiger partial charge in [0.2, 0.25) is 5.91 Å². The fourth-order valence-electron chi connectivity index (χ4n) is 7.06. The van der Waals surface area contributed by atoms with Crippen molar-refractivity contribution in [3.8, 4) is 0 Å². The van der Waals surface area contributed by atoms with Crippen LogP contribution in [0.25, 0.3) is 6.08 Å². The lowest BCUT2D eigenvalue weighted by Crippen LogP contribution is -2.49. The van der Waals surface area contributed by atoms with E-state index in [1.54, 1.807) is 6.08 Å². The third kappa shape index (κ3) is 3.23. The van der Waals surface area contributed by atoms with Crippen molar-refractivity contribution in [2.75, 3.05) is 5.32 Å². The third-order valence-corrected chi connectivity index (χ3v) is 8.77. The summed E-state index contributed by atoms with van der Waals surface area (Å²) < 4.78 is 0. The Kier molecular flexibility index (Phi) is 4.88. The standard InChI is InChI=1S/C28H31NO3/c1-17(30)29-21-7-4-18(5-8-21)14-19-15-25-23-9-6-20-16-22(31)10-12-27(20,2)24(23)11-13-28(25,3)26(19)32/h4-5,7-8,10,12,14,16,23-25H,6,9,11,13,15H2,1-3H3,(H,29,30)/t23-,24+,25+,27+,28+/m1/s1. The largest absolute Gasteiger partial charge is 0.326 e. The number of amides is 1. The van der Waals surface area contributed by atoms with Gasteiger partial charge in [-0.25, -0.2) is 0 Å². The summed E-state index contributed by atoms with van der Waals surface area (Å²) in [5, 5.41) is 2.78. The number of anilines is 1. The minimum absolute atomic E-state index is 0.0484. The molecular weight excluding hydrogens is 398 g/mol. The fraction of sp³-hybridized carbons (Fsp3) is 0.464. The van der Waals surface area contributed by atoms with Gasteiger partial charge in [0.25, 0.3) is 0 Å². The van der Waals surface area contributed by atoms with Crippen molar-refractivity contribution in [3.05, 3.63) is 59.2 Å². The Balaban J connectivity index is 1.42. The van der Waals surface area contributed by atoms with E-state index in [1.807, 2.05) is 36.4 Å². The molecule has 1 aromatic carbocycles. The molecule has 0 saturated heterocycles. The van der Waals surface area contributed by atoms with Crippen molar-refractivity contribution >= 4 is 29.2 Å². The van der Waals surface area contributed by atoms with Gasteiger partial charge in [-0.15, -0.1) is 0 Å². The van der Waals surface area contributed by atoms with E-state index < -0.39 is 0 Å². The zero-order valence-corrected chi connectivity index (χ0v) is 19.1. The second-order valence-electron chi connectivity index (χ2n) is 10.6. The minimum Gasteiger partial charge on any atom is -0.326 e. The van der Waals surface area contributed by atoms with E-state index in [1.165, 1.54) is 12.5 Å². The molecule has 0 aromatic heterocycles. The Bertz CT molecular complexity index is 1090. The van der Waals surface area contributed by atoms with Gasteiger partial charge in [0, 0.05) is 23.4 Å². The molecule has 4 heteroatoms. The molecular formula is C28H31NO3. The maximum Gasteiger partial charge on any atom is 0.221 e. The van der Waals surface area contributed by atoms with E-state index in [0.717, 1.165) is 48.9 Å². The molecule has 5 rings (SSSR count). The smallest absolute Gasteiger partial charge is 0.221 e. The number of carbonyl (C=O) groups excluding carboxylic acids is 3. The molecule has 3 saturated carbocycles. The number of nitrogens with one attached hydrogen (secondary N) is 1. The van der Waals surface area contributed by atoms with Gasteiger partial charge in [-0.1, -0.05) is 37.6 Å². The van der Waals surface area contributed by atoms with Crippen LogP contribution in [-0.4, -0.2) is 17.5 Å². The molecule has 4 aliphatic rings. The van der Waals surface area contributed by atoms with Crippen LogP contribution in [0.5, 0.6) is 0 Å². The summed E-state index contributed by atoms with van der Waals surface area (Å²) in [4.78, 5) is 36.8. The predicted octanol–water partition coefficient (Wildman–Crippen LogP) is 5.52. The van der Waals surface area contributed by atoms with E-state index in [2.05, 4.69) is 25.2 Å². The molecule has 0 heterocycles. The Hall–Kier alpha value is -2.75. The highest BCUT2D eigenvalue weighted by Crippen LogP contribution is 2.64. The molecule has 0 unspecified atom stereocenters. The molecule has 0 aliphatic heterocycles. The monoisotopic (exact) mass is 429 g/mol. The van der Waals surface area contributed by atoms with Crippen LogP contribution < -0.4 is 5.32 Å². The normalized spacial score (nSPS) is 36.9. The van der Waals surface area contributed by atoms with Gasteiger partial charge in [-0.3, -0.25) is 14.4 Å². The van der Waals surface area contributed by atoms with Crippen molar-refractivity contribution in [2.45, 2.75) is 52.9 Å². The van der Waals surface area contributed by atoms with Gasteiger partial charge in [0.15, 0.2) is 11.6 Å². The number of fused-ring (bicyclic) bond motifs is 5. The Labute approximate surface area is 189 Å². The molecule has 5 atom stereocenters. The zero-order valence-electron chi connectivity index (χ0n) is 19.1. The molecule has 4 aliphatic carbocycles. The van der Waals surface area contributed by atoms with Gasteiger partial charge in [0.05, 0.1) is 0 Å². The highest BCUT2D eigenvalue weighted by Gasteiger charge is 2.59. The molecule has 0 radical (unpaired) electrons. The first-order valence-corrected chi connectivity index (χ1v) is 11.8. The van der Waals surface area contributed by atoms with Crippen molar-refractivity contribution < 1.29 is 14.4 Å². The molecule has 3 fully saturated rings. The first-order valence-electron chi connectivity index (χ1n) is 11.8. The van der Waals surface area contributed by atoms with E-state index in [4.69, 9.17) is 0 Å². The number of rotatable bonds is 2.